The fourth-order valence-corrected chi connectivity index (χ4v) is 4.05. The number of ether oxygens (including phenoxy) is 1. The normalized spacial score (nSPS) is 17.0. The Labute approximate surface area is 156 Å². The van der Waals surface area contributed by atoms with Crippen LogP contribution in [0.5, 0.6) is 11.5 Å². The van der Waals surface area contributed by atoms with E-state index in [9.17, 15) is 22.9 Å². The van der Waals surface area contributed by atoms with Crippen molar-refractivity contribution in [2.45, 2.75) is 0 Å². The molecule has 0 unspecified atom stereocenters. The summed E-state index contributed by atoms with van der Waals surface area (Å²) in [6.07, 6.45) is 1.54. The van der Waals surface area contributed by atoms with E-state index in [1.165, 1.54) is 19.3 Å². The van der Waals surface area contributed by atoms with E-state index in [0.717, 1.165) is 16.7 Å². The van der Waals surface area contributed by atoms with Crippen molar-refractivity contribution in [1.82, 2.24) is 4.90 Å². The molecule has 1 heterocycles. The summed E-state index contributed by atoms with van der Waals surface area (Å²) in [5, 5.41) is 9.78. The van der Waals surface area contributed by atoms with Crippen molar-refractivity contribution in [3.05, 3.63) is 27.1 Å². The number of thiocarbonyl (C=S) groups is 1. The van der Waals surface area contributed by atoms with Crippen molar-refractivity contribution in [1.29, 1.82) is 0 Å². The zero-order valence-electron chi connectivity index (χ0n) is 12.2. The molecule has 7 nitrogen and oxygen atoms in total. The largest absolute Gasteiger partial charge is 0.748 e. The number of nitrogens with zero attached hydrogens (tertiary/aromatic N) is 1. The highest BCUT2D eigenvalue weighted by Crippen LogP contribution is 2.38. The molecule has 1 aromatic carbocycles. The van der Waals surface area contributed by atoms with Crippen LogP contribution in [0.1, 0.15) is 5.56 Å². The van der Waals surface area contributed by atoms with Crippen molar-refractivity contribution in [2.24, 2.45) is 0 Å². The van der Waals surface area contributed by atoms with Gasteiger partial charge in [0.2, 0.25) is 0 Å². The van der Waals surface area contributed by atoms with Crippen LogP contribution in [0.15, 0.2) is 21.5 Å². The van der Waals surface area contributed by atoms with E-state index in [0.29, 0.717) is 10.0 Å². The van der Waals surface area contributed by atoms with E-state index < -0.39 is 21.8 Å². The molecule has 11 heteroatoms. The second-order valence-electron chi connectivity index (χ2n) is 4.65. The molecule has 1 aromatic rings. The zero-order valence-corrected chi connectivity index (χ0v) is 16.2. The fourth-order valence-electron chi connectivity index (χ4n) is 1.88. The molecule has 0 spiro atoms. The number of benzene rings is 1. The summed E-state index contributed by atoms with van der Waals surface area (Å²) >= 11 is 9.24. The van der Waals surface area contributed by atoms with Crippen LogP contribution in [-0.4, -0.2) is 52.6 Å². The van der Waals surface area contributed by atoms with Gasteiger partial charge in [-0.25, -0.2) is 8.42 Å². The van der Waals surface area contributed by atoms with E-state index in [2.05, 4.69) is 15.9 Å². The average molecular weight is 453 g/mol. The molecular weight excluding hydrogens is 442 g/mol. The number of methoxy groups -OCH3 is 1. The molecule has 0 radical (unpaired) electrons. The highest BCUT2D eigenvalue weighted by molar-refractivity contribution is 9.10. The second kappa shape index (κ2) is 7.40. The molecule has 1 amide bonds. The first-order valence-electron chi connectivity index (χ1n) is 6.38. The zero-order chi connectivity index (χ0) is 18.1. The van der Waals surface area contributed by atoms with Gasteiger partial charge >= 0.3 is 0 Å². The third-order valence-corrected chi connectivity index (χ3v) is 5.67. The van der Waals surface area contributed by atoms with Crippen LogP contribution in [0.2, 0.25) is 0 Å². The van der Waals surface area contributed by atoms with Gasteiger partial charge in [-0.05, 0) is 39.7 Å². The van der Waals surface area contributed by atoms with Gasteiger partial charge < -0.3 is 14.4 Å². The first-order valence-corrected chi connectivity index (χ1v) is 9.97. The van der Waals surface area contributed by atoms with E-state index >= 15 is 0 Å². The lowest BCUT2D eigenvalue weighted by Gasteiger charge is -2.15. The molecule has 0 atom stereocenters. The number of phenols is 1. The number of rotatable bonds is 5. The Kier molecular flexibility index (Phi) is 5.91. The van der Waals surface area contributed by atoms with Gasteiger partial charge in [0.05, 0.1) is 32.4 Å². The molecule has 1 saturated heterocycles. The van der Waals surface area contributed by atoms with E-state index in [1.807, 2.05) is 0 Å². The molecule has 0 aromatic heterocycles. The maximum atomic E-state index is 12.3. The minimum Gasteiger partial charge on any atom is -0.748 e. The summed E-state index contributed by atoms with van der Waals surface area (Å²) in [5.74, 6) is -1.02. The summed E-state index contributed by atoms with van der Waals surface area (Å²) in [4.78, 5) is 13.7. The van der Waals surface area contributed by atoms with Crippen molar-refractivity contribution >= 4 is 66.3 Å². The molecule has 24 heavy (non-hydrogen) atoms. The van der Waals surface area contributed by atoms with Crippen LogP contribution in [-0.2, 0) is 14.9 Å². The van der Waals surface area contributed by atoms with Gasteiger partial charge in [-0.15, -0.1) is 0 Å². The molecule has 1 aliphatic rings. The van der Waals surface area contributed by atoms with Crippen molar-refractivity contribution in [3.63, 3.8) is 0 Å². The van der Waals surface area contributed by atoms with Crippen LogP contribution in [0.4, 0.5) is 0 Å². The van der Waals surface area contributed by atoms with Gasteiger partial charge in [0, 0.05) is 6.54 Å². The average Bonchev–Trinajstić information content (AvgIpc) is 2.74. The Morgan fingerprint density at radius 2 is 2.17 bits per heavy atom. The molecule has 1 fully saturated rings. The minimum atomic E-state index is -4.44. The summed E-state index contributed by atoms with van der Waals surface area (Å²) < 4.78 is 37.7. The lowest BCUT2D eigenvalue weighted by atomic mass is 10.2. The Morgan fingerprint density at radius 1 is 1.50 bits per heavy atom. The molecule has 2 rings (SSSR count). The van der Waals surface area contributed by atoms with Crippen LogP contribution >= 0.6 is 39.9 Å². The summed E-state index contributed by atoms with van der Waals surface area (Å²) in [7, 11) is -3.04. The van der Waals surface area contributed by atoms with Crippen LogP contribution in [0.25, 0.3) is 6.08 Å². The number of phenolic OH excluding ortho intramolecular Hbond substituents is 1. The first-order chi connectivity index (χ1) is 11.1. The monoisotopic (exact) mass is 452 g/mol. The van der Waals surface area contributed by atoms with Gasteiger partial charge in [-0.3, -0.25) is 9.69 Å². The molecule has 0 aliphatic carbocycles. The molecule has 1 N–H and O–H groups in total. The summed E-state index contributed by atoms with van der Waals surface area (Å²) in [6.45, 7) is -0.281. The number of hydrogen-bond donors (Lipinski definition) is 1. The Bertz CT molecular complexity index is 836. The van der Waals surface area contributed by atoms with Crippen molar-refractivity contribution < 1.29 is 27.6 Å². The fraction of sp³-hybridized carbons (Fsp3) is 0.231. The molecule has 0 saturated carbocycles. The standard InChI is InChI=1S/C13H12BrNO6S3/c1-21-9-5-7(4-8(14)11(9)16)6-10-12(17)15(13(22)23-10)2-3-24(18,19)20/h4-6,16H,2-3H2,1H3,(H,18,19,20)/p-1/b10-6+. The number of hydrogen-bond acceptors (Lipinski definition) is 8. The van der Waals surface area contributed by atoms with Crippen molar-refractivity contribution in [2.75, 3.05) is 19.4 Å². The van der Waals surface area contributed by atoms with Crippen LogP contribution in [0, 0.1) is 0 Å². The number of carbonyl (C=O) groups is 1. The van der Waals surface area contributed by atoms with E-state index in [1.54, 1.807) is 6.07 Å². The van der Waals surface area contributed by atoms with Gasteiger partial charge in [-0.1, -0.05) is 24.0 Å². The number of halogens is 1. The van der Waals surface area contributed by atoms with Gasteiger partial charge in [0.1, 0.15) is 4.32 Å². The maximum Gasteiger partial charge on any atom is 0.266 e. The molecule has 130 valence electrons. The quantitative estimate of drug-likeness (QED) is 0.410. The second-order valence-corrected chi connectivity index (χ2v) is 8.70. The number of thioether (sulfide) groups is 1. The Balaban J connectivity index is 2.27. The maximum absolute atomic E-state index is 12.3. The number of aromatic hydroxyl groups is 1. The smallest absolute Gasteiger partial charge is 0.266 e. The van der Waals surface area contributed by atoms with Gasteiger partial charge in [0.25, 0.3) is 5.91 Å². The third kappa shape index (κ3) is 4.48. The molecular formula is C13H11BrNO6S3-. The van der Waals surface area contributed by atoms with Gasteiger partial charge in [0.15, 0.2) is 11.5 Å². The van der Waals surface area contributed by atoms with Crippen LogP contribution in [0.3, 0.4) is 0 Å². The SMILES string of the molecule is COc1cc(/C=C2/SC(=S)N(CCS(=O)(=O)[O-])C2=O)cc(Br)c1O. The highest BCUT2D eigenvalue weighted by atomic mass is 79.9. The third-order valence-electron chi connectivity index (χ3n) is 3.01. The number of amides is 1. The topological polar surface area (TPSA) is 107 Å². The molecule has 1 aliphatic heterocycles. The van der Waals surface area contributed by atoms with E-state index in [-0.39, 0.29) is 27.3 Å². The Morgan fingerprint density at radius 3 is 2.75 bits per heavy atom. The predicted molar refractivity (Wildman–Crippen MR) is 96.8 cm³/mol. The summed E-state index contributed by atoms with van der Waals surface area (Å²) in [5.41, 5.74) is 0.577. The lowest BCUT2D eigenvalue weighted by molar-refractivity contribution is -0.121. The summed E-state index contributed by atoms with van der Waals surface area (Å²) in [6, 6.07) is 3.13. The highest BCUT2D eigenvalue weighted by Gasteiger charge is 2.32. The van der Waals surface area contributed by atoms with Crippen LogP contribution < -0.4 is 4.74 Å². The lowest BCUT2D eigenvalue weighted by Crippen LogP contribution is -2.32. The number of carbonyl (C=O) groups excluding carboxylic acids is 1. The Hall–Kier alpha value is -1.14. The minimum absolute atomic E-state index is 0.0668. The van der Waals surface area contributed by atoms with Crippen molar-refractivity contribution in [3.8, 4) is 11.5 Å². The molecule has 0 bridgehead atoms. The first kappa shape index (κ1) is 19.2. The predicted octanol–water partition coefficient (Wildman–Crippen LogP) is 1.91. The van der Waals surface area contributed by atoms with E-state index in [4.69, 9.17) is 17.0 Å². The van der Waals surface area contributed by atoms with Gasteiger partial charge in [-0.2, -0.15) is 0 Å².